The quantitative estimate of drug-likeness (QED) is 0.632. The zero-order valence-electron chi connectivity index (χ0n) is 15.2. The maximum Gasteiger partial charge on any atom is 0.309 e. The molecule has 5 nitrogen and oxygen atoms in total. The van der Waals surface area contributed by atoms with E-state index in [2.05, 4.69) is 48.4 Å². The van der Waals surface area contributed by atoms with Gasteiger partial charge in [0.15, 0.2) is 4.34 Å². The highest BCUT2D eigenvalue weighted by molar-refractivity contribution is 8.01. The van der Waals surface area contributed by atoms with Gasteiger partial charge in [0.1, 0.15) is 0 Å². The van der Waals surface area contributed by atoms with Crippen molar-refractivity contribution in [1.29, 1.82) is 0 Å². The van der Waals surface area contributed by atoms with Gasteiger partial charge in [0.05, 0.1) is 23.9 Å². The number of nitrogens with zero attached hydrogens (tertiary/aromatic N) is 1. The predicted molar refractivity (Wildman–Crippen MR) is 106 cm³/mol. The Labute approximate surface area is 162 Å². The number of rotatable bonds is 9. The second-order valence-corrected chi connectivity index (χ2v) is 8.67. The topological polar surface area (TPSA) is 79.3 Å². The Morgan fingerprint density at radius 2 is 1.92 bits per heavy atom. The van der Waals surface area contributed by atoms with Crippen molar-refractivity contribution >= 4 is 35.0 Å². The number of carboxylic acid groups (broad SMARTS) is 1. The van der Waals surface area contributed by atoms with Gasteiger partial charge in [0.2, 0.25) is 5.91 Å². The summed E-state index contributed by atoms with van der Waals surface area (Å²) in [5, 5.41) is 13.5. The molecule has 2 aromatic rings. The highest BCUT2D eigenvalue weighted by Crippen LogP contribution is 2.23. The molecule has 0 aliphatic carbocycles. The van der Waals surface area contributed by atoms with Gasteiger partial charge in [0, 0.05) is 5.38 Å². The lowest BCUT2D eigenvalue weighted by atomic mass is 10.00. The number of benzene rings is 1. The predicted octanol–water partition coefficient (Wildman–Crippen LogP) is 3.94. The normalized spacial score (nSPS) is 12.2. The van der Waals surface area contributed by atoms with E-state index < -0.39 is 5.97 Å². The summed E-state index contributed by atoms with van der Waals surface area (Å²) in [6.45, 7) is 6.36. The molecule has 0 fully saturated rings. The van der Waals surface area contributed by atoms with E-state index >= 15 is 0 Å². The molecule has 0 saturated carbocycles. The lowest BCUT2D eigenvalue weighted by Gasteiger charge is -2.15. The van der Waals surface area contributed by atoms with E-state index in [0.29, 0.717) is 16.0 Å². The van der Waals surface area contributed by atoms with Crippen molar-refractivity contribution in [2.75, 3.05) is 5.75 Å². The van der Waals surface area contributed by atoms with E-state index in [4.69, 9.17) is 5.11 Å². The molecule has 26 heavy (non-hydrogen) atoms. The van der Waals surface area contributed by atoms with Gasteiger partial charge in [-0.3, -0.25) is 9.59 Å². The second-order valence-electron chi connectivity index (χ2n) is 6.59. The first-order valence-corrected chi connectivity index (χ1v) is 10.4. The molecule has 1 aromatic heterocycles. The number of thioether (sulfide) groups is 1. The van der Waals surface area contributed by atoms with Crippen LogP contribution in [0.25, 0.3) is 0 Å². The minimum Gasteiger partial charge on any atom is -0.481 e. The number of amides is 1. The zero-order valence-corrected chi connectivity index (χ0v) is 16.8. The van der Waals surface area contributed by atoms with Crippen molar-refractivity contribution in [3.8, 4) is 0 Å². The molecule has 7 heteroatoms. The maximum atomic E-state index is 12.1. The first-order valence-electron chi connectivity index (χ1n) is 8.50. The first kappa shape index (κ1) is 20.5. The van der Waals surface area contributed by atoms with Crippen LogP contribution in [-0.4, -0.2) is 27.7 Å². The molecule has 1 amide bonds. The SMILES string of the molecule is CC(C)Cc1ccc([C@H](C)NC(=O)CSc2nc(CC(=O)O)cs2)cc1. The standard InChI is InChI=1S/C19H24N2O3S2/c1-12(2)8-14-4-6-15(7-5-14)13(3)20-17(22)11-26-19-21-16(10-25-19)9-18(23)24/h4-7,10,12-13H,8-9,11H2,1-3H3,(H,20,22)(H,23,24)/t13-/m0/s1. The third kappa shape index (κ3) is 6.80. The van der Waals surface area contributed by atoms with Gasteiger partial charge in [-0.05, 0) is 30.4 Å². The lowest BCUT2D eigenvalue weighted by molar-refractivity contribution is -0.136. The van der Waals surface area contributed by atoms with Gasteiger partial charge in [-0.2, -0.15) is 0 Å². The maximum absolute atomic E-state index is 12.1. The Morgan fingerprint density at radius 3 is 2.54 bits per heavy atom. The van der Waals surface area contributed by atoms with E-state index in [9.17, 15) is 9.59 Å². The number of carbonyl (C=O) groups is 2. The average molecular weight is 393 g/mol. The minimum atomic E-state index is -0.905. The summed E-state index contributed by atoms with van der Waals surface area (Å²) < 4.78 is 0.710. The van der Waals surface area contributed by atoms with Crippen LogP contribution in [0.3, 0.4) is 0 Å². The van der Waals surface area contributed by atoms with Crippen molar-refractivity contribution in [2.45, 2.75) is 44.0 Å². The molecular weight excluding hydrogens is 368 g/mol. The van der Waals surface area contributed by atoms with E-state index in [1.165, 1.54) is 28.7 Å². The second kappa shape index (κ2) is 9.73. The van der Waals surface area contributed by atoms with Crippen LogP contribution >= 0.6 is 23.1 Å². The Morgan fingerprint density at radius 1 is 1.23 bits per heavy atom. The van der Waals surface area contributed by atoms with Gasteiger partial charge in [-0.1, -0.05) is 49.9 Å². The number of aliphatic carboxylic acids is 1. The summed E-state index contributed by atoms with van der Waals surface area (Å²) in [5.74, 6) is -0.0889. The largest absolute Gasteiger partial charge is 0.481 e. The summed E-state index contributed by atoms with van der Waals surface area (Å²) >= 11 is 2.69. The lowest BCUT2D eigenvalue weighted by Crippen LogP contribution is -2.28. The molecule has 0 spiro atoms. The van der Waals surface area contributed by atoms with Crippen LogP contribution in [0, 0.1) is 5.92 Å². The summed E-state index contributed by atoms with van der Waals surface area (Å²) in [7, 11) is 0. The van der Waals surface area contributed by atoms with Crippen molar-refractivity contribution in [3.05, 3.63) is 46.5 Å². The van der Waals surface area contributed by atoms with Crippen molar-refractivity contribution in [1.82, 2.24) is 10.3 Å². The van der Waals surface area contributed by atoms with Crippen LogP contribution in [0.4, 0.5) is 0 Å². The number of hydrogen-bond donors (Lipinski definition) is 2. The number of nitrogens with one attached hydrogen (secondary N) is 1. The number of thiazole rings is 1. The molecule has 0 saturated heterocycles. The molecule has 0 radical (unpaired) electrons. The number of aromatic nitrogens is 1. The van der Waals surface area contributed by atoms with E-state index in [1.807, 2.05) is 6.92 Å². The fraction of sp³-hybridized carbons (Fsp3) is 0.421. The van der Waals surface area contributed by atoms with Crippen LogP contribution in [0.5, 0.6) is 0 Å². The van der Waals surface area contributed by atoms with Crippen molar-refractivity contribution < 1.29 is 14.7 Å². The van der Waals surface area contributed by atoms with Crippen LogP contribution < -0.4 is 5.32 Å². The molecule has 1 aromatic carbocycles. The third-order valence-corrected chi connectivity index (χ3v) is 5.76. The van der Waals surface area contributed by atoms with Gasteiger partial charge in [-0.25, -0.2) is 4.98 Å². The van der Waals surface area contributed by atoms with Crippen LogP contribution in [-0.2, 0) is 22.4 Å². The van der Waals surface area contributed by atoms with Crippen LogP contribution in [0.1, 0.15) is 43.6 Å². The number of hydrogen-bond acceptors (Lipinski definition) is 5. The Balaban J connectivity index is 1.81. The Hall–Kier alpha value is -1.86. The highest BCUT2D eigenvalue weighted by atomic mass is 32.2. The summed E-state index contributed by atoms with van der Waals surface area (Å²) in [6.07, 6.45) is 0.961. The van der Waals surface area contributed by atoms with Gasteiger partial charge < -0.3 is 10.4 Å². The molecule has 0 aliphatic rings. The van der Waals surface area contributed by atoms with E-state index in [-0.39, 0.29) is 24.1 Å². The van der Waals surface area contributed by atoms with Gasteiger partial charge in [-0.15, -0.1) is 11.3 Å². The van der Waals surface area contributed by atoms with E-state index in [1.54, 1.807) is 5.38 Å². The fourth-order valence-electron chi connectivity index (χ4n) is 2.50. The summed E-state index contributed by atoms with van der Waals surface area (Å²) in [6, 6.07) is 8.30. The molecular formula is C19H24N2O3S2. The molecule has 0 aliphatic heterocycles. The average Bonchev–Trinajstić information content (AvgIpc) is 2.99. The monoisotopic (exact) mass is 392 g/mol. The zero-order chi connectivity index (χ0) is 19.1. The molecule has 2 N–H and O–H groups in total. The molecule has 2 rings (SSSR count). The molecule has 140 valence electrons. The molecule has 0 unspecified atom stereocenters. The Bertz CT molecular complexity index is 741. The van der Waals surface area contributed by atoms with E-state index in [0.717, 1.165) is 12.0 Å². The number of carbonyl (C=O) groups excluding carboxylic acids is 1. The third-order valence-electron chi connectivity index (χ3n) is 3.69. The number of carboxylic acids is 1. The van der Waals surface area contributed by atoms with Crippen LogP contribution in [0.2, 0.25) is 0 Å². The minimum absolute atomic E-state index is 0.0601. The van der Waals surface area contributed by atoms with Crippen LogP contribution in [0.15, 0.2) is 34.0 Å². The summed E-state index contributed by atoms with van der Waals surface area (Å²) in [4.78, 5) is 27.0. The molecule has 0 bridgehead atoms. The Kier molecular flexibility index (Phi) is 7.66. The fourth-order valence-corrected chi connectivity index (χ4v) is 4.15. The van der Waals surface area contributed by atoms with Crippen molar-refractivity contribution in [3.63, 3.8) is 0 Å². The van der Waals surface area contributed by atoms with Crippen molar-refractivity contribution in [2.24, 2.45) is 5.92 Å². The van der Waals surface area contributed by atoms with Gasteiger partial charge in [0.25, 0.3) is 0 Å². The summed E-state index contributed by atoms with van der Waals surface area (Å²) in [5.41, 5.74) is 2.91. The van der Waals surface area contributed by atoms with Gasteiger partial charge >= 0.3 is 5.97 Å². The first-order chi connectivity index (χ1) is 12.3. The molecule has 1 atom stereocenters. The molecule has 1 heterocycles. The smallest absolute Gasteiger partial charge is 0.309 e. The highest BCUT2D eigenvalue weighted by Gasteiger charge is 2.12.